The molecule has 1 aliphatic carbocycles. The van der Waals surface area contributed by atoms with Crippen LogP contribution in [0.2, 0.25) is 0 Å². The molecule has 2 atom stereocenters. The smallest absolute Gasteiger partial charge is 0.259 e. The highest BCUT2D eigenvalue weighted by Gasteiger charge is 2.47. The molecule has 1 spiro atoms. The minimum Gasteiger partial charge on any atom is -0.381 e. The Kier molecular flexibility index (Phi) is 4.41. The molecule has 2 aliphatic rings. The van der Waals surface area contributed by atoms with Gasteiger partial charge in [0.15, 0.2) is 0 Å². The third kappa shape index (κ3) is 2.75. The third-order valence-electron chi connectivity index (χ3n) is 5.50. The predicted octanol–water partition coefficient (Wildman–Crippen LogP) is 3.69. The van der Waals surface area contributed by atoms with Crippen molar-refractivity contribution in [2.75, 3.05) is 20.2 Å². The monoisotopic (exact) mass is 323 g/mol. The van der Waals surface area contributed by atoms with Crippen LogP contribution in [0.5, 0.6) is 0 Å². The summed E-state index contributed by atoms with van der Waals surface area (Å²) in [6.07, 6.45) is 5.06. The standard InChI is InChI=1S/C18H23F2NO2/c1-12-6-7-13(19)15(16(12)20)17(22)21-10-4-9-18(11-21)8-3-5-14(18)23-2/h6-7,14H,3-5,8-11H2,1-2H3/t14-,18+/m1/s1. The Morgan fingerprint density at radius 3 is 2.78 bits per heavy atom. The quantitative estimate of drug-likeness (QED) is 0.830. The van der Waals surface area contributed by atoms with Crippen LogP contribution >= 0.6 is 0 Å². The Balaban J connectivity index is 1.87. The number of likely N-dealkylation sites (tertiary alicyclic amines) is 1. The fourth-order valence-corrected chi connectivity index (χ4v) is 4.29. The third-order valence-corrected chi connectivity index (χ3v) is 5.50. The minimum absolute atomic E-state index is 0.0561. The van der Waals surface area contributed by atoms with E-state index in [4.69, 9.17) is 4.74 Å². The molecule has 3 rings (SSSR count). The van der Waals surface area contributed by atoms with Gasteiger partial charge in [0.1, 0.15) is 17.2 Å². The van der Waals surface area contributed by atoms with Gasteiger partial charge in [-0.1, -0.05) is 12.5 Å². The summed E-state index contributed by atoms with van der Waals surface area (Å²) in [4.78, 5) is 14.3. The number of piperidine rings is 1. The molecule has 3 nitrogen and oxygen atoms in total. The maximum atomic E-state index is 14.3. The molecule has 1 amide bonds. The average Bonchev–Trinajstić information content (AvgIpc) is 2.93. The summed E-state index contributed by atoms with van der Waals surface area (Å²) in [5, 5.41) is 0. The SMILES string of the molecule is CO[C@@H]1CCC[C@@]12CCCN(C(=O)c1c(F)ccc(C)c1F)C2. The zero-order valence-electron chi connectivity index (χ0n) is 13.7. The summed E-state index contributed by atoms with van der Waals surface area (Å²) in [5.41, 5.74) is -0.189. The number of rotatable bonds is 2. The van der Waals surface area contributed by atoms with Crippen molar-refractivity contribution in [3.8, 4) is 0 Å². The highest BCUT2D eigenvalue weighted by Crippen LogP contribution is 2.46. The first-order chi connectivity index (χ1) is 11.0. The largest absolute Gasteiger partial charge is 0.381 e. The van der Waals surface area contributed by atoms with Gasteiger partial charge in [-0.3, -0.25) is 4.79 Å². The predicted molar refractivity (Wildman–Crippen MR) is 83.3 cm³/mol. The fourth-order valence-electron chi connectivity index (χ4n) is 4.29. The zero-order chi connectivity index (χ0) is 16.6. The van der Waals surface area contributed by atoms with Gasteiger partial charge in [-0.15, -0.1) is 0 Å². The van der Waals surface area contributed by atoms with E-state index in [1.807, 2.05) is 0 Å². The number of carbonyl (C=O) groups is 1. The van der Waals surface area contributed by atoms with E-state index in [1.54, 1.807) is 18.9 Å². The molecule has 1 saturated carbocycles. The second kappa shape index (κ2) is 6.19. The number of carbonyl (C=O) groups excluding carboxylic acids is 1. The summed E-state index contributed by atoms with van der Waals surface area (Å²) in [6.45, 7) is 2.61. The van der Waals surface area contributed by atoms with E-state index < -0.39 is 23.1 Å². The van der Waals surface area contributed by atoms with Gasteiger partial charge in [-0.25, -0.2) is 8.78 Å². The molecule has 1 aromatic carbocycles. The molecule has 1 heterocycles. The second-order valence-corrected chi connectivity index (χ2v) is 6.86. The number of halogens is 2. The molecular formula is C18H23F2NO2. The average molecular weight is 323 g/mol. The number of benzene rings is 1. The summed E-state index contributed by atoms with van der Waals surface area (Å²) >= 11 is 0. The molecule has 126 valence electrons. The number of hydrogen-bond acceptors (Lipinski definition) is 2. The van der Waals surface area contributed by atoms with Crippen molar-refractivity contribution < 1.29 is 18.3 Å². The van der Waals surface area contributed by atoms with Gasteiger partial charge in [0.25, 0.3) is 5.91 Å². The van der Waals surface area contributed by atoms with Gasteiger partial charge in [-0.2, -0.15) is 0 Å². The fraction of sp³-hybridized carbons (Fsp3) is 0.611. The van der Waals surface area contributed by atoms with Gasteiger partial charge in [0, 0.05) is 25.6 Å². The highest BCUT2D eigenvalue weighted by molar-refractivity contribution is 5.95. The lowest BCUT2D eigenvalue weighted by Crippen LogP contribution is -2.50. The molecule has 0 radical (unpaired) electrons. The summed E-state index contributed by atoms with van der Waals surface area (Å²) in [7, 11) is 1.71. The minimum atomic E-state index is -0.785. The molecular weight excluding hydrogens is 300 g/mol. The normalized spacial score (nSPS) is 27.7. The van der Waals surface area contributed by atoms with Crippen LogP contribution in [0.1, 0.15) is 48.0 Å². The van der Waals surface area contributed by atoms with E-state index in [9.17, 15) is 13.6 Å². The molecule has 0 aromatic heterocycles. The molecule has 23 heavy (non-hydrogen) atoms. The van der Waals surface area contributed by atoms with Crippen LogP contribution in [0, 0.1) is 24.0 Å². The molecule has 2 fully saturated rings. The lowest BCUT2D eigenvalue weighted by Gasteiger charge is -2.43. The van der Waals surface area contributed by atoms with Gasteiger partial charge >= 0.3 is 0 Å². The van der Waals surface area contributed by atoms with Crippen LogP contribution in [-0.2, 0) is 4.74 Å². The van der Waals surface area contributed by atoms with Crippen molar-refractivity contribution in [2.45, 2.75) is 45.1 Å². The second-order valence-electron chi connectivity index (χ2n) is 6.86. The molecule has 0 N–H and O–H groups in total. The van der Waals surface area contributed by atoms with Crippen LogP contribution in [0.25, 0.3) is 0 Å². The molecule has 0 unspecified atom stereocenters. The lowest BCUT2D eigenvalue weighted by atomic mass is 9.76. The molecule has 1 saturated heterocycles. The summed E-state index contributed by atoms with van der Waals surface area (Å²) in [5.74, 6) is -2.07. The van der Waals surface area contributed by atoms with Crippen molar-refractivity contribution in [3.63, 3.8) is 0 Å². The number of amides is 1. The summed E-state index contributed by atoms with van der Waals surface area (Å²) < 4.78 is 33.9. The highest BCUT2D eigenvalue weighted by atomic mass is 19.1. The molecule has 1 aromatic rings. The molecule has 1 aliphatic heterocycles. The van der Waals surface area contributed by atoms with Crippen LogP contribution in [0.15, 0.2) is 12.1 Å². The number of hydrogen-bond donors (Lipinski definition) is 0. The van der Waals surface area contributed by atoms with E-state index in [0.29, 0.717) is 13.1 Å². The van der Waals surface area contributed by atoms with Gasteiger partial charge in [0.05, 0.1) is 6.10 Å². The Bertz CT molecular complexity index is 619. The molecule has 0 bridgehead atoms. The lowest BCUT2D eigenvalue weighted by molar-refractivity contribution is -0.0297. The van der Waals surface area contributed by atoms with Crippen LogP contribution in [-0.4, -0.2) is 37.1 Å². The Morgan fingerprint density at radius 1 is 1.30 bits per heavy atom. The van der Waals surface area contributed by atoms with Crippen molar-refractivity contribution in [3.05, 3.63) is 34.9 Å². The maximum absolute atomic E-state index is 14.3. The van der Waals surface area contributed by atoms with Crippen molar-refractivity contribution in [1.29, 1.82) is 0 Å². The zero-order valence-corrected chi connectivity index (χ0v) is 13.7. The van der Waals surface area contributed by atoms with E-state index in [1.165, 1.54) is 12.1 Å². The molecule has 5 heteroatoms. The number of ether oxygens (including phenoxy) is 1. The summed E-state index contributed by atoms with van der Waals surface area (Å²) in [6, 6.07) is 2.52. The van der Waals surface area contributed by atoms with Crippen molar-refractivity contribution in [2.24, 2.45) is 5.41 Å². The first-order valence-electron chi connectivity index (χ1n) is 8.25. The van der Waals surface area contributed by atoms with Gasteiger partial charge in [0.2, 0.25) is 0 Å². The van der Waals surface area contributed by atoms with E-state index in [0.717, 1.165) is 32.1 Å². The van der Waals surface area contributed by atoms with E-state index >= 15 is 0 Å². The Morgan fingerprint density at radius 2 is 2.04 bits per heavy atom. The number of nitrogens with zero attached hydrogens (tertiary/aromatic N) is 1. The van der Waals surface area contributed by atoms with E-state index in [-0.39, 0.29) is 17.1 Å². The Labute approximate surface area is 135 Å². The van der Waals surface area contributed by atoms with Crippen LogP contribution in [0.3, 0.4) is 0 Å². The topological polar surface area (TPSA) is 29.5 Å². The first kappa shape index (κ1) is 16.4. The van der Waals surface area contributed by atoms with Crippen molar-refractivity contribution >= 4 is 5.91 Å². The van der Waals surface area contributed by atoms with Crippen molar-refractivity contribution in [1.82, 2.24) is 4.90 Å². The Hall–Kier alpha value is -1.49. The number of aryl methyl sites for hydroxylation is 1. The number of methoxy groups -OCH3 is 1. The van der Waals surface area contributed by atoms with Crippen LogP contribution < -0.4 is 0 Å². The van der Waals surface area contributed by atoms with E-state index in [2.05, 4.69) is 0 Å². The first-order valence-corrected chi connectivity index (χ1v) is 8.25. The van der Waals surface area contributed by atoms with Gasteiger partial charge in [-0.05, 0) is 44.2 Å². The van der Waals surface area contributed by atoms with Gasteiger partial charge < -0.3 is 9.64 Å². The van der Waals surface area contributed by atoms with Crippen LogP contribution in [0.4, 0.5) is 8.78 Å². The maximum Gasteiger partial charge on any atom is 0.259 e.